The second kappa shape index (κ2) is 8.74. The lowest BCUT2D eigenvalue weighted by Gasteiger charge is -2.35. The Morgan fingerprint density at radius 3 is 2.26 bits per heavy atom. The van der Waals surface area contributed by atoms with Crippen molar-refractivity contribution in [2.45, 2.75) is 19.9 Å². The number of nitrogens with zero attached hydrogens (tertiary/aromatic N) is 2. The fourth-order valence-electron chi connectivity index (χ4n) is 2.64. The molecule has 1 heterocycles. The SMILES string of the molecule is CCOC(=O)N1CCN(C(=O)[C@H](C)NC(=O)c2ccc(F)c(F)c2F)CC1. The van der Waals surface area contributed by atoms with Gasteiger partial charge in [-0.05, 0) is 26.0 Å². The molecule has 7 nitrogen and oxygen atoms in total. The molecule has 3 amide bonds. The van der Waals surface area contributed by atoms with Gasteiger partial charge in [0, 0.05) is 26.2 Å². The van der Waals surface area contributed by atoms with E-state index in [9.17, 15) is 27.6 Å². The first-order valence-electron chi connectivity index (χ1n) is 8.41. The summed E-state index contributed by atoms with van der Waals surface area (Å²) in [6.45, 7) is 4.40. The highest BCUT2D eigenvalue weighted by atomic mass is 19.2. The van der Waals surface area contributed by atoms with Gasteiger partial charge in [0.05, 0.1) is 12.2 Å². The van der Waals surface area contributed by atoms with Crippen LogP contribution in [0.1, 0.15) is 24.2 Å². The van der Waals surface area contributed by atoms with E-state index >= 15 is 0 Å². The van der Waals surface area contributed by atoms with Crippen molar-refractivity contribution >= 4 is 17.9 Å². The van der Waals surface area contributed by atoms with Gasteiger partial charge in [0.25, 0.3) is 5.91 Å². The third-order valence-electron chi connectivity index (χ3n) is 4.12. The zero-order valence-corrected chi connectivity index (χ0v) is 14.9. The average molecular weight is 387 g/mol. The van der Waals surface area contributed by atoms with Crippen LogP contribution in [0.2, 0.25) is 0 Å². The minimum atomic E-state index is -1.75. The van der Waals surface area contributed by atoms with Crippen molar-refractivity contribution < 1.29 is 32.3 Å². The maximum absolute atomic E-state index is 13.7. The molecule has 1 aromatic carbocycles. The lowest BCUT2D eigenvalue weighted by atomic mass is 10.1. The van der Waals surface area contributed by atoms with Gasteiger partial charge < -0.3 is 19.9 Å². The summed E-state index contributed by atoms with van der Waals surface area (Å²) in [4.78, 5) is 39.0. The van der Waals surface area contributed by atoms with Gasteiger partial charge in [-0.25, -0.2) is 18.0 Å². The Morgan fingerprint density at radius 2 is 1.67 bits per heavy atom. The van der Waals surface area contributed by atoms with Gasteiger partial charge in [-0.15, -0.1) is 0 Å². The van der Waals surface area contributed by atoms with Gasteiger partial charge in [0.1, 0.15) is 6.04 Å². The minimum Gasteiger partial charge on any atom is -0.450 e. The van der Waals surface area contributed by atoms with Crippen LogP contribution in [0.15, 0.2) is 12.1 Å². The average Bonchev–Trinajstić information content (AvgIpc) is 2.65. The molecule has 1 aliphatic rings. The number of piperazine rings is 1. The van der Waals surface area contributed by atoms with E-state index in [1.54, 1.807) is 6.92 Å². The van der Waals surface area contributed by atoms with Gasteiger partial charge in [0.2, 0.25) is 5.91 Å². The van der Waals surface area contributed by atoms with E-state index < -0.39 is 47.0 Å². The van der Waals surface area contributed by atoms with Gasteiger partial charge in [-0.1, -0.05) is 0 Å². The van der Waals surface area contributed by atoms with Crippen LogP contribution in [0.5, 0.6) is 0 Å². The topological polar surface area (TPSA) is 79.0 Å². The highest BCUT2D eigenvalue weighted by Gasteiger charge is 2.29. The highest BCUT2D eigenvalue weighted by Crippen LogP contribution is 2.15. The van der Waals surface area contributed by atoms with Gasteiger partial charge in [0.15, 0.2) is 17.5 Å². The number of hydrogen-bond acceptors (Lipinski definition) is 4. The van der Waals surface area contributed by atoms with Crippen molar-refractivity contribution in [3.05, 3.63) is 35.1 Å². The standard InChI is InChI=1S/C17H20F3N3O4/c1-3-27-17(26)23-8-6-22(7-9-23)16(25)10(2)21-15(24)11-4-5-12(18)14(20)13(11)19/h4-5,10H,3,6-9H2,1-2H3,(H,21,24)/t10-/m0/s1. The Kier molecular flexibility index (Phi) is 6.65. The molecule has 10 heteroatoms. The Balaban J connectivity index is 1.94. The molecule has 0 radical (unpaired) electrons. The first-order chi connectivity index (χ1) is 12.8. The lowest BCUT2D eigenvalue weighted by Crippen LogP contribution is -2.55. The van der Waals surface area contributed by atoms with E-state index in [0.717, 1.165) is 6.07 Å². The predicted octanol–water partition coefficient (Wildman–Crippen LogP) is 1.52. The smallest absolute Gasteiger partial charge is 0.409 e. The molecule has 1 saturated heterocycles. The molecule has 148 valence electrons. The molecule has 0 spiro atoms. The second-order valence-corrected chi connectivity index (χ2v) is 5.93. The third kappa shape index (κ3) is 4.69. The van der Waals surface area contributed by atoms with Crippen LogP contribution in [0.3, 0.4) is 0 Å². The molecule has 1 fully saturated rings. The van der Waals surface area contributed by atoms with E-state index in [2.05, 4.69) is 5.32 Å². The van der Waals surface area contributed by atoms with Crippen LogP contribution >= 0.6 is 0 Å². The van der Waals surface area contributed by atoms with Crippen LogP contribution < -0.4 is 5.32 Å². The summed E-state index contributed by atoms with van der Waals surface area (Å²) in [7, 11) is 0. The van der Waals surface area contributed by atoms with Gasteiger partial charge in [-0.2, -0.15) is 0 Å². The molecular formula is C17H20F3N3O4. The molecule has 1 atom stereocenters. The minimum absolute atomic E-state index is 0.247. The summed E-state index contributed by atoms with van der Waals surface area (Å²) in [5.74, 6) is -6.24. The number of amides is 3. The van der Waals surface area contributed by atoms with Crippen LogP contribution in [0, 0.1) is 17.5 Å². The molecule has 0 unspecified atom stereocenters. The number of rotatable bonds is 4. The molecule has 2 rings (SSSR count). The fourth-order valence-corrected chi connectivity index (χ4v) is 2.64. The van der Waals surface area contributed by atoms with Crippen molar-refractivity contribution in [1.29, 1.82) is 0 Å². The number of carbonyl (C=O) groups is 3. The quantitative estimate of drug-likeness (QED) is 0.795. The monoisotopic (exact) mass is 387 g/mol. The summed E-state index contributed by atoms with van der Waals surface area (Å²) in [6, 6.07) is 0.423. The molecule has 1 aromatic rings. The molecule has 0 aromatic heterocycles. The molecule has 0 saturated carbocycles. The molecule has 1 aliphatic heterocycles. The Morgan fingerprint density at radius 1 is 1.07 bits per heavy atom. The van der Waals surface area contributed by atoms with Crippen molar-refractivity contribution in [2.24, 2.45) is 0 Å². The van der Waals surface area contributed by atoms with Crippen molar-refractivity contribution in [3.8, 4) is 0 Å². The Hall–Kier alpha value is -2.78. The van der Waals surface area contributed by atoms with Crippen LogP contribution in [-0.4, -0.2) is 66.5 Å². The molecular weight excluding hydrogens is 367 g/mol. The molecule has 0 bridgehead atoms. The zero-order chi connectivity index (χ0) is 20.1. The maximum atomic E-state index is 13.7. The Labute approximate surface area is 154 Å². The third-order valence-corrected chi connectivity index (χ3v) is 4.12. The fraction of sp³-hybridized carbons (Fsp3) is 0.471. The highest BCUT2D eigenvalue weighted by molar-refractivity contribution is 5.97. The lowest BCUT2D eigenvalue weighted by molar-refractivity contribution is -0.134. The van der Waals surface area contributed by atoms with Crippen molar-refractivity contribution in [2.75, 3.05) is 32.8 Å². The predicted molar refractivity (Wildman–Crippen MR) is 88.4 cm³/mol. The summed E-state index contributed by atoms with van der Waals surface area (Å²) in [6.07, 6.45) is -0.459. The molecule has 1 N–H and O–H groups in total. The zero-order valence-electron chi connectivity index (χ0n) is 14.9. The van der Waals surface area contributed by atoms with Gasteiger partial charge >= 0.3 is 6.09 Å². The van der Waals surface area contributed by atoms with E-state index in [0.29, 0.717) is 6.07 Å². The number of hydrogen-bond donors (Lipinski definition) is 1. The summed E-state index contributed by atoms with van der Waals surface area (Å²) >= 11 is 0. The van der Waals surface area contributed by atoms with Crippen LogP contribution in [0.4, 0.5) is 18.0 Å². The van der Waals surface area contributed by atoms with E-state index in [1.807, 2.05) is 0 Å². The summed E-state index contributed by atoms with van der Waals surface area (Å²) in [5.41, 5.74) is -0.694. The normalized spacial score (nSPS) is 15.3. The van der Waals surface area contributed by atoms with E-state index in [4.69, 9.17) is 4.74 Å². The van der Waals surface area contributed by atoms with Crippen molar-refractivity contribution in [3.63, 3.8) is 0 Å². The Bertz CT molecular complexity index is 736. The van der Waals surface area contributed by atoms with Crippen LogP contribution in [0.25, 0.3) is 0 Å². The van der Waals surface area contributed by atoms with Crippen molar-refractivity contribution in [1.82, 2.24) is 15.1 Å². The number of ether oxygens (including phenoxy) is 1. The number of nitrogens with one attached hydrogen (secondary N) is 1. The first kappa shape index (κ1) is 20.5. The first-order valence-corrected chi connectivity index (χ1v) is 8.41. The van der Waals surface area contributed by atoms with E-state index in [-0.39, 0.29) is 32.8 Å². The second-order valence-electron chi connectivity index (χ2n) is 5.93. The number of carbonyl (C=O) groups excluding carboxylic acids is 3. The summed E-state index contributed by atoms with van der Waals surface area (Å²) < 4.78 is 44.8. The molecule has 0 aliphatic carbocycles. The number of benzene rings is 1. The van der Waals surface area contributed by atoms with E-state index in [1.165, 1.54) is 16.7 Å². The maximum Gasteiger partial charge on any atom is 0.409 e. The largest absolute Gasteiger partial charge is 0.450 e. The summed E-state index contributed by atoms with van der Waals surface area (Å²) in [5, 5.41) is 2.27. The molecule has 27 heavy (non-hydrogen) atoms. The number of halogens is 3. The van der Waals surface area contributed by atoms with Crippen LogP contribution in [-0.2, 0) is 9.53 Å². The van der Waals surface area contributed by atoms with Gasteiger partial charge in [-0.3, -0.25) is 9.59 Å².